The second kappa shape index (κ2) is 5.57. The molecule has 0 aliphatic carbocycles. The fraction of sp³-hybridized carbons (Fsp3) is 0.750. The molecule has 0 saturated carbocycles. The molecule has 0 radical (unpaired) electrons. The minimum absolute atomic E-state index is 0.529. The largest absolute Gasteiger partial charge is 0.481 e. The second-order valence-electron chi connectivity index (χ2n) is 3.11. The molecule has 0 aromatic carbocycles. The summed E-state index contributed by atoms with van der Waals surface area (Å²) in [7, 11) is 0. The Morgan fingerprint density at radius 2 is 1.93 bits per heavy atom. The first kappa shape index (κ1) is 13.7. The topological polar surface area (TPSA) is 66.4 Å². The molecule has 0 aliphatic rings. The molecule has 0 bridgehead atoms. The van der Waals surface area contributed by atoms with Gasteiger partial charge in [0, 0.05) is 19.9 Å². The third kappa shape index (κ3) is 6.75. The molecule has 0 aromatic heterocycles. The number of amides is 1. The highest BCUT2D eigenvalue weighted by Gasteiger charge is 2.39. The van der Waals surface area contributed by atoms with E-state index >= 15 is 0 Å². The number of carbonyl (C=O) groups excluding carboxylic acids is 1. The molecule has 4 nitrogen and oxygen atoms in total. The van der Waals surface area contributed by atoms with E-state index in [1.54, 1.807) is 0 Å². The molecular weight excluding hydrogens is 215 g/mol. The van der Waals surface area contributed by atoms with E-state index < -0.39 is 43.4 Å². The summed E-state index contributed by atoms with van der Waals surface area (Å²) in [5, 5.41) is 10.3. The van der Waals surface area contributed by atoms with Crippen molar-refractivity contribution in [3.63, 3.8) is 0 Å². The molecule has 1 unspecified atom stereocenters. The molecule has 0 aliphatic heterocycles. The van der Waals surface area contributed by atoms with Gasteiger partial charge >= 0.3 is 12.1 Å². The highest BCUT2D eigenvalue weighted by atomic mass is 19.4. The van der Waals surface area contributed by atoms with Crippen molar-refractivity contribution in [2.45, 2.75) is 25.9 Å². The summed E-state index contributed by atoms with van der Waals surface area (Å²) in [5.74, 6) is -3.66. The molecule has 0 fully saturated rings. The fourth-order valence-electron chi connectivity index (χ4n) is 0.946. The van der Waals surface area contributed by atoms with Crippen LogP contribution in [0.1, 0.15) is 19.8 Å². The van der Waals surface area contributed by atoms with Gasteiger partial charge in [0.1, 0.15) is 0 Å². The van der Waals surface area contributed by atoms with Crippen LogP contribution in [0.4, 0.5) is 13.2 Å². The molecular formula is C8H12F3NO3. The molecule has 0 aromatic rings. The zero-order valence-electron chi connectivity index (χ0n) is 8.10. The van der Waals surface area contributed by atoms with Gasteiger partial charge in [0.25, 0.3) is 0 Å². The smallest absolute Gasteiger partial charge is 0.393 e. The summed E-state index contributed by atoms with van der Waals surface area (Å²) in [6, 6.07) is 0. The van der Waals surface area contributed by atoms with Gasteiger partial charge in [0.05, 0.1) is 5.92 Å². The van der Waals surface area contributed by atoms with Crippen molar-refractivity contribution >= 4 is 11.9 Å². The van der Waals surface area contributed by atoms with Gasteiger partial charge in [-0.3, -0.25) is 9.59 Å². The predicted molar refractivity (Wildman–Crippen MR) is 45.1 cm³/mol. The van der Waals surface area contributed by atoms with Crippen LogP contribution in [0.2, 0.25) is 0 Å². The summed E-state index contributed by atoms with van der Waals surface area (Å²) >= 11 is 0. The van der Waals surface area contributed by atoms with Crippen LogP contribution in [0.5, 0.6) is 0 Å². The third-order valence-corrected chi connectivity index (χ3v) is 1.77. The van der Waals surface area contributed by atoms with Gasteiger partial charge in [-0.15, -0.1) is 0 Å². The van der Waals surface area contributed by atoms with Gasteiger partial charge in [-0.25, -0.2) is 0 Å². The molecule has 0 saturated heterocycles. The van der Waals surface area contributed by atoms with Gasteiger partial charge in [-0.2, -0.15) is 13.2 Å². The Morgan fingerprint density at radius 1 is 1.40 bits per heavy atom. The lowest BCUT2D eigenvalue weighted by atomic mass is 10.0. The van der Waals surface area contributed by atoms with Crippen molar-refractivity contribution in [3.05, 3.63) is 0 Å². The first-order chi connectivity index (χ1) is 6.73. The molecule has 88 valence electrons. The maximum absolute atomic E-state index is 12.3. The van der Waals surface area contributed by atoms with E-state index in [0.29, 0.717) is 0 Å². The molecule has 0 heterocycles. The summed E-state index contributed by atoms with van der Waals surface area (Å²) in [6.45, 7) is 0.525. The standard InChI is InChI=1S/C8H12F3NO3/c1-5(13)12-4-6(8(9,10)11)2-3-7(14)15/h6H,2-4H2,1H3,(H,12,13)(H,14,15). The van der Waals surface area contributed by atoms with E-state index in [1.165, 1.54) is 0 Å². The lowest BCUT2D eigenvalue weighted by Crippen LogP contribution is -2.35. The Hall–Kier alpha value is -1.27. The van der Waals surface area contributed by atoms with Crippen molar-refractivity contribution in [2.75, 3.05) is 6.54 Å². The summed E-state index contributed by atoms with van der Waals surface area (Å²) in [5.41, 5.74) is 0. The van der Waals surface area contributed by atoms with Crippen molar-refractivity contribution in [3.8, 4) is 0 Å². The molecule has 1 atom stereocenters. The van der Waals surface area contributed by atoms with E-state index in [0.717, 1.165) is 6.92 Å². The van der Waals surface area contributed by atoms with Gasteiger partial charge in [-0.1, -0.05) is 0 Å². The summed E-state index contributed by atoms with van der Waals surface area (Å²) < 4.78 is 36.8. The number of aliphatic carboxylic acids is 1. The van der Waals surface area contributed by atoms with E-state index in [-0.39, 0.29) is 0 Å². The SMILES string of the molecule is CC(=O)NCC(CCC(=O)O)C(F)(F)F. The number of carbonyl (C=O) groups is 2. The Bertz CT molecular complexity index is 222. The van der Waals surface area contributed by atoms with Crippen LogP contribution in [0.15, 0.2) is 0 Å². The number of alkyl halides is 3. The Kier molecular flexibility index (Phi) is 5.10. The second-order valence-corrected chi connectivity index (χ2v) is 3.11. The Morgan fingerprint density at radius 3 is 2.27 bits per heavy atom. The number of hydrogen-bond donors (Lipinski definition) is 2. The Balaban J connectivity index is 4.19. The summed E-state index contributed by atoms with van der Waals surface area (Å²) in [6.07, 6.45) is -5.58. The third-order valence-electron chi connectivity index (χ3n) is 1.77. The number of carboxylic acids is 1. The zero-order chi connectivity index (χ0) is 12.1. The Labute approximate surface area is 84.5 Å². The highest BCUT2D eigenvalue weighted by Crippen LogP contribution is 2.29. The maximum atomic E-state index is 12.3. The molecule has 0 spiro atoms. The first-order valence-corrected chi connectivity index (χ1v) is 4.26. The highest BCUT2D eigenvalue weighted by molar-refractivity contribution is 5.72. The maximum Gasteiger partial charge on any atom is 0.393 e. The van der Waals surface area contributed by atoms with E-state index in [2.05, 4.69) is 0 Å². The minimum atomic E-state index is -4.49. The lowest BCUT2D eigenvalue weighted by Gasteiger charge is -2.19. The molecule has 1 amide bonds. The van der Waals surface area contributed by atoms with Crippen molar-refractivity contribution in [1.82, 2.24) is 5.32 Å². The zero-order valence-corrected chi connectivity index (χ0v) is 8.10. The van der Waals surface area contributed by atoms with Crippen molar-refractivity contribution in [2.24, 2.45) is 5.92 Å². The van der Waals surface area contributed by atoms with Crippen LogP contribution in [0.25, 0.3) is 0 Å². The van der Waals surface area contributed by atoms with E-state index in [9.17, 15) is 22.8 Å². The normalized spacial score (nSPS) is 13.3. The minimum Gasteiger partial charge on any atom is -0.481 e. The van der Waals surface area contributed by atoms with Crippen LogP contribution in [0, 0.1) is 5.92 Å². The monoisotopic (exact) mass is 227 g/mol. The van der Waals surface area contributed by atoms with Crippen LogP contribution in [-0.4, -0.2) is 29.7 Å². The molecule has 2 N–H and O–H groups in total. The quantitative estimate of drug-likeness (QED) is 0.740. The van der Waals surface area contributed by atoms with Crippen molar-refractivity contribution in [1.29, 1.82) is 0 Å². The van der Waals surface area contributed by atoms with Gasteiger partial charge in [-0.05, 0) is 6.42 Å². The van der Waals surface area contributed by atoms with Gasteiger partial charge in [0.2, 0.25) is 5.91 Å². The van der Waals surface area contributed by atoms with Crippen LogP contribution >= 0.6 is 0 Å². The molecule has 7 heteroatoms. The number of rotatable bonds is 5. The molecule has 15 heavy (non-hydrogen) atoms. The number of carboxylic acid groups (broad SMARTS) is 1. The fourth-order valence-corrected chi connectivity index (χ4v) is 0.946. The number of hydrogen-bond acceptors (Lipinski definition) is 2. The average Bonchev–Trinajstić information content (AvgIpc) is 2.00. The number of halogens is 3. The van der Waals surface area contributed by atoms with Crippen LogP contribution in [0.3, 0.4) is 0 Å². The summed E-state index contributed by atoms with van der Waals surface area (Å²) in [4.78, 5) is 20.5. The van der Waals surface area contributed by atoms with E-state index in [1.807, 2.05) is 5.32 Å². The predicted octanol–water partition coefficient (Wildman–Crippen LogP) is 1.17. The van der Waals surface area contributed by atoms with Crippen molar-refractivity contribution < 1.29 is 27.9 Å². The van der Waals surface area contributed by atoms with E-state index in [4.69, 9.17) is 5.11 Å². The molecule has 0 rings (SSSR count). The average molecular weight is 227 g/mol. The first-order valence-electron chi connectivity index (χ1n) is 4.26. The van der Waals surface area contributed by atoms with Gasteiger partial charge < -0.3 is 10.4 Å². The lowest BCUT2D eigenvalue weighted by molar-refractivity contribution is -0.176. The number of nitrogens with one attached hydrogen (secondary N) is 1. The van der Waals surface area contributed by atoms with Gasteiger partial charge in [0.15, 0.2) is 0 Å². The van der Waals surface area contributed by atoms with Crippen LogP contribution in [-0.2, 0) is 9.59 Å². The van der Waals surface area contributed by atoms with Crippen LogP contribution < -0.4 is 5.32 Å².